The van der Waals surface area contributed by atoms with Crippen molar-refractivity contribution in [3.05, 3.63) is 51.6 Å². The van der Waals surface area contributed by atoms with E-state index >= 15 is 0 Å². The molecular weight excluding hydrogens is 370 g/mol. The van der Waals surface area contributed by atoms with Crippen molar-refractivity contribution in [2.45, 2.75) is 12.1 Å². The molecule has 0 aliphatic carbocycles. The van der Waals surface area contributed by atoms with Crippen molar-refractivity contribution in [1.82, 2.24) is 14.9 Å². The van der Waals surface area contributed by atoms with E-state index in [1.807, 2.05) is 42.6 Å². The molecule has 0 atom stereocenters. The first-order valence-electron chi connectivity index (χ1n) is 8.08. The number of aryl methyl sites for hydroxylation is 1. The number of amides is 1. The number of carbonyl (C=O) groups is 1. The number of nitrogens with zero attached hydrogens (tertiary/aromatic N) is 2. The lowest BCUT2D eigenvalue weighted by Gasteiger charge is -2.09. The molecule has 3 rings (SSSR count). The second kappa shape index (κ2) is 8.37. The molecule has 2 aromatic heterocycles. The maximum absolute atomic E-state index is 12.2. The number of ether oxygens (including phenoxy) is 1. The highest BCUT2D eigenvalue weighted by molar-refractivity contribution is 7.99. The predicted octanol–water partition coefficient (Wildman–Crippen LogP) is 2.59. The third-order valence-electron chi connectivity index (χ3n) is 3.66. The Bertz CT molecular complexity index is 981. The van der Waals surface area contributed by atoms with Crippen LogP contribution in [0.2, 0.25) is 0 Å². The fourth-order valence-corrected chi connectivity index (χ4v) is 3.95. The quantitative estimate of drug-likeness (QED) is 0.382. The summed E-state index contributed by atoms with van der Waals surface area (Å²) in [4.78, 5) is 28.7. The third kappa shape index (κ3) is 4.44. The van der Waals surface area contributed by atoms with Crippen molar-refractivity contribution >= 4 is 39.2 Å². The molecule has 2 heterocycles. The van der Waals surface area contributed by atoms with E-state index in [0.717, 1.165) is 11.3 Å². The maximum atomic E-state index is 12.2. The molecule has 1 N–H and O–H groups in total. The standard InChI is InChI=1S/C18H19N3O3S2/c1-12-4-3-5-13(10-12)24-8-7-19-15(22)11-26-18-20-14-6-9-25-16(14)17(23)21(18)2/h3-6,9-10H,7-8,11H2,1-2H3,(H,19,22). The Hall–Kier alpha value is -2.32. The first kappa shape index (κ1) is 18.5. The first-order chi connectivity index (χ1) is 12.5. The monoisotopic (exact) mass is 389 g/mol. The second-order valence-electron chi connectivity index (χ2n) is 5.70. The number of rotatable bonds is 7. The number of benzene rings is 1. The van der Waals surface area contributed by atoms with Gasteiger partial charge in [-0.15, -0.1) is 11.3 Å². The average Bonchev–Trinajstić information content (AvgIpc) is 3.09. The molecule has 0 bridgehead atoms. The summed E-state index contributed by atoms with van der Waals surface area (Å²) in [6.45, 7) is 2.82. The van der Waals surface area contributed by atoms with Crippen molar-refractivity contribution in [3.63, 3.8) is 0 Å². The molecule has 0 spiro atoms. The molecule has 0 saturated heterocycles. The molecule has 1 aromatic carbocycles. The lowest BCUT2D eigenvalue weighted by atomic mass is 10.2. The van der Waals surface area contributed by atoms with E-state index in [-0.39, 0.29) is 17.2 Å². The molecule has 0 aliphatic rings. The Balaban J connectivity index is 1.47. The highest BCUT2D eigenvalue weighted by Crippen LogP contribution is 2.19. The summed E-state index contributed by atoms with van der Waals surface area (Å²) in [6.07, 6.45) is 0. The summed E-state index contributed by atoms with van der Waals surface area (Å²) in [5.74, 6) is 0.861. The molecule has 0 fully saturated rings. The number of fused-ring (bicyclic) bond motifs is 1. The zero-order chi connectivity index (χ0) is 18.5. The molecule has 3 aromatic rings. The van der Waals surface area contributed by atoms with E-state index in [2.05, 4.69) is 10.3 Å². The van der Waals surface area contributed by atoms with Crippen LogP contribution in [-0.4, -0.2) is 34.4 Å². The largest absolute Gasteiger partial charge is 0.492 e. The molecule has 1 amide bonds. The molecule has 8 heteroatoms. The van der Waals surface area contributed by atoms with Gasteiger partial charge in [0.05, 0.1) is 17.8 Å². The van der Waals surface area contributed by atoms with Crippen LogP contribution in [0.3, 0.4) is 0 Å². The Morgan fingerprint density at radius 2 is 2.23 bits per heavy atom. The summed E-state index contributed by atoms with van der Waals surface area (Å²) in [5.41, 5.74) is 1.72. The molecule has 6 nitrogen and oxygen atoms in total. The van der Waals surface area contributed by atoms with Crippen LogP contribution in [0.4, 0.5) is 0 Å². The van der Waals surface area contributed by atoms with Crippen LogP contribution in [0.5, 0.6) is 5.75 Å². The summed E-state index contributed by atoms with van der Waals surface area (Å²) in [5, 5.41) is 5.18. The molecule has 0 unspecified atom stereocenters. The van der Waals surface area contributed by atoms with Gasteiger partial charge in [-0.1, -0.05) is 23.9 Å². The summed E-state index contributed by atoms with van der Waals surface area (Å²) >= 11 is 2.62. The minimum Gasteiger partial charge on any atom is -0.492 e. The maximum Gasteiger partial charge on any atom is 0.271 e. The van der Waals surface area contributed by atoms with Crippen molar-refractivity contribution in [2.24, 2.45) is 7.05 Å². The van der Waals surface area contributed by atoms with Crippen LogP contribution in [0.1, 0.15) is 5.56 Å². The highest BCUT2D eigenvalue weighted by Gasteiger charge is 2.11. The van der Waals surface area contributed by atoms with E-state index in [9.17, 15) is 9.59 Å². The predicted molar refractivity (Wildman–Crippen MR) is 105 cm³/mol. The van der Waals surface area contributed by atoms with Crippen LogP contribution < -0.4 is 15.6 Å². The smallest absolute Gasteiger partial charge is 0.271 e. The van der Waals surface area contributed by atoms with E-state index < -0.39 is 0 Å². The molecule has 0 saturated carbocycles. The molecule has 26 heavy (non-hydrogen) atoms. The third-order valence-corrected chi connectivity index (χ3v) is 5.58. The Morgan fingerprint density at radius 3 is 3.04 bits per heavy atom. The van der Waals surface area contributed by atoms with Gasteiger partial charge in [0.25, 0.3) is 5.56 Å². The van der Waals surface area contributed by atoms with Crippen molar-refractivity contribution in [3.8, 4) is 5.75 Å². The van der Waals surface area contributed by atoms with Crippen molar-refractivity contribution in [1.29, 1.82) is 0 Å². The number of hydrogen-bond donors (Lipinski definition) is 1. The number of nitrogens with one attached hydrogen (secondary N) is 1. The number of hydrogen-bond acceptors (Lipinski definition) is 6. The van der Waals surface area contributed by atoms with Crippen LogP contribution in [0.15, 0.2) is 45.7 Å². The molecular formula is C18H19N3O3S2. The Morgan fingerprint density at radius 1 is 1.38 bits per heavy atom. The number of aromatic nitrogens is 2. The Labute approximate surface area is 159 Å². The lowest BCUT2D eigenvalue weighted by Crippen LogP contribution is -2.30. The van der Waals surface area contributed by atoms with Gasteiger partial charge in [0.15, 0.2) is 5.16 Å². The number of thiophene rings is 1. The summed E-state index contributed by atoms with van der Waals surface area (Å²) in [6, 6.07) is 9.58. The van der Waals surface area contributed by atoms with Crippen LogP contribution in [0, 0.1) is 6.92 Å². The van der Waals surface area contributed by atoms with E-state index in [1.165, 1.54) is 27.7 Å². The van der Waals surface area contributed by atoms with E-state index in [4.69, 9.17) is 4.74 Å². The Kier molecular flexibility index (Phi) is 5.95. The first-order valence-corrected chi connectivity index (χ1v) is 9.94. The van der Waals surface area contributed by atoms with E-state index in [0.29, 0.717) is 28.5 Å². The van der Waals surface area contributed by atoms with E-state index in [1.54, 1.807) is 7.05 Å². The van der Waals surface area contributed by atoms with Gasteiger partial charge < -0.3 is 10.1 Å². The zero-order valence-electron chi connectivity index (χ0n) is 14.5. The van der Waals surface area contributed by atoms with Crippen LogP contribution in [0.25, 0.3) is 10.2 Å². The highest BCUT2D eigenvalue weighted by atomic mass is 32.2. The number of carbonyl (C=O) groups excluding carboxylic acids is 1. The van der Waals surface area contributed by atoms with Gasteiger partial charge in [-0.05, 0) is 36.1 Å². The summed E-state index contributed by atoms with van der Waals surface area (Å²) < 4.78 is 7.71. The number of thioether (sulfide) groups is 1. The van der Waals surface area contributed by atoms with Gasteiger partial charge in [-0.2, -0.15) is 0 Å². The zero-order valence-corrected chi connectivity index (χ0v) is 16.2. The van der Waals surface area contributed by atoms with Gasteiger partial charge in [0.2, 0.25) is 5.91 Å². The lowest BCUT2D eigenvalue weighted by molar-refractivity contribution is -0.118. The minimum atomic E-state index is -0.123. The fraction of sp³-hybridized carbons (Fsp3) is 0.278. The van der Waals surface area contributed by atoms with Gasteiger partial charge in [0, 0.05) is 7.05 Å². The van der Waals surface area contributed by atoms with Crippen molar-refractivity contribution in [2.75, 3.05) is 18.9 Å². The second-order valence-corrected chi connectivity index (χ2v) is 7.56. The van der Waals surface area contributed by atoms with Gasteiger partial charge in [-0.3, -0.25) is 14.2 Å². The average molecular weight is 390 g/mol. The SMILES string of the molecule is Cc1cccc(OCCNC(=O)CSc2nc3ccsc3c(=O)n2C)c1. The minimum absolute atomic E-state index is 0.0838. The van der Waals surface area contributed by atoms with Gasteiger partial charge >= 0.3 is 0 Å². The van der Waals surface area contributed by atoms with Gasteiger partial charge in [-0.25, -0.2) is 4.98 Å². The fourth-order valence-electron chi connectivity index (χ4n) is 2.34. The van der Waals surface area contributed by atoms with Gasteiger partial charge in [0.1, 0.15) is 17.1 Å². The van der Waals surface area contributed by atoms with Crippen molar-refractivity contribution < 1.29 is 9.53 Å². The normalized spacial score (nSPS) is 10.8. The van der Waals surface area contributed by atoms with Crippen LogP contribution in [-0.2, 0) is 11.8 Å². The topological polar surface area (TPSA) is 73.2 Å². The molecule has 136 valence electrons. The molecule has 0 radical (unpaired) electrons. The molecule has 0 aliphatic heterocycles. The van der Waals surface area contributed by atoms with Crippen LogP contribution >= 0.6 is 23.1 Å². The summed E-state index contributed by atoms with van der Waals surface area (Å²) in [7, 11) is 1.67.